The molecule has 0 aromatic rings. The normalized spacial score (nSPS) is 7.60. The largest absolute Gasteiger partial charge is 0.478 e. The summed E-state index contributed by atoms with van der Waals surface area (Å²) in [4.78, 5) is 19.1. The van der Waals surface area contributed by atoms with E-state index in [2.05, 4.69) is 20.1 Å². The van der Waals surface area contributed by atoms with Gasteiger partial charge in [0.05, 0.1) is 0 Å². The number of allylic oxidation sites excluding steroid dienone is 2. The number of hydrogen-bond donors (Lipinski definition) is 2. The van der Waals surface area contributed by atoms with E-state index in [9.17, 15) is 9.59 Å². The second-order valence-corrected chi connectivity index (χ2v) is 2.11. The van der Waals surface area contributed by atoms with Crippen LogP contribution in [0.4, 0.5) is 0 Å². The minimum atomic E-state index is -1.26. The van der Waals surface area contributed by atoms with Crippen LogP contribution < -0.4 is 0 Å². The summed E-state index contributed by atoms with van der Waals surface area (Å²) in [5.74, 6) is -2.51. The second kappa shape index (κ2) is 18.0. The molecule has 2 N–H and O–H groups in total. The first kappa shape index (κ1) is 18.9. The lowest BCUT2D eigenvalue weighted by molar-refractivity contribution is -0.134. The van der Waals surface area contributed by atoms with Gasteiger partial charge < -0.3 is 10.2 Å². The number of carboxylic acid groups (broad SMARTS) is 2. The molecule has 0 atom stereocenters. The standard InChI is InChI=1S/C4H4O4.C4H8.C3H6/c5-3(6)1-2-4(7)8;1-3-4-2;1-3-2/h1-2H,(H,5,6)(H,7,8);3H,1,4H2,2H3;3H,1H2,2H3/b2-1-;;. The Morgan fingerprint density at radius 2 is 1.33 bits per heavy atom. The molecule has 0 heterocycles. The van der Waals surface area contributed by atoms with Crippen molar-refractivity contribution in [2.45, 2.75) is 20.3 Å². The lowest BCUT2D eigenvalue weighted by atomic mass is 10.5. The summed E-state index contributed by atoms with van der Waals surface area (Å²) in [5, 5.41) is 15.6. The summed E-state index contributed by atoms with van der Waals surface area (Å²) < 4.78 is 0. The predicted octanol–water partition coefficient (Wildman–Crippen LogP) is 2.49. The molecule has 0 fully saturated rings. The average molecular weight is 214 g/mol. The van der Waals surface area contributed by atoms with Crippen LogP contribution in [0.15, 0.2) is 37.5 Å². The van der Waals surface area contributed by atoms with Gasteiger partial charge in [-0.1, -0.05) is 19.1 Å². The molecule has 0 spiro atoms. The van der Waals surface area contributed by atoms with E-state index in [0.29, 0.717) is 12.2 Å². The molecule has 0 aromatic heterocycles. The Balaban J connectivity index is -0.000000173. The van der Waals surface area contributed by atoms with Crippen LogP contribution in [0.1, 0.15) is 20.3 Å². The Hall–Kier alpha value is -1.84. The Labute approximate surface area is 90.2 Å². The molecule has 15 heavy (non-hydrogen) atoms. The van der Waals surface area contributed by atoms with E-state index in [4.69, 9.17) is 10.2 Å². The first-order valence-electron chi connectivity index (χ1n) is 4.28. The van der Waals surface area contributed by atoms with Gasteiger partial charge in [0, 0.05) is 12.2 Å². The monoisotopic (exact) mass is 214 g/mol. The fourth-order valence-corrected chi connectivity index (χ4v) is 0.143. The first-order valence-corrected chi connectivity index (χ1v) is 4.28. The van der Waals surface area contributed by atoms with Gasteiger partial charge in [-0.2, -0.15) is 0 Å². The molecule has 4 heteroatoms. The van der Waals surface area contributed by atoms with Crippen LogP contribution in [0.3, 0.4) is 0 Å². The van der Waals surface area contributed by atoms with Crippen molar-refractivity contribution in [1.82, 2.24) is 0 Å². The Morgan fingerprint density at radius 1 is 1.13 bits per heavy atom. The van der Waals surface area contributed by atoms with Crippen LogP contribution in [-0.2, 0) is 9.59 Å². The van der Waals surface area contributed by atoms with Gasteiger partial charge in [-0.05, 0) is 13.3 Å². The molecule has 0 aromatic carbocycles. The topological polar surface area (TPSA) is 74.6 Å². The van der Waals surface area contributed by atoms with E-state index in [1.807, 2.05) is 13.0 Å². The fraction of sp³-hybridized carbons (Fsp3) is 0.273. The molecule has 0 rings (SSSR count). The van der Waals surface area contributed by atoms with E-state index in [1.54, 1.807) is 6.08 Å². The molecule has 0 bridgehead atoms. The molecule has 0 saturated carbocycles. The molecule has 0 radical (unpaired) electrons. The molecule has 0 amide bonds. The van der Waals surface area contributed by atoms with Gasteiger partial charge in [0.1, 0.15) is 0 Å². The highest BCUT2D eigenvalue weighted by Gasteiger charge is 1.88. The number of rotatable bonds is 3. The van der Waals surface area contributed by atoms with E-state index in [1.165, 1.54) is 0 Å². The molecule has 0 aliphatic rings. The maximum absolute atomic E-state index is 9.55. The molecular weight excluding hydrogens is 196 g/mol. The zero-order valence-corrected chi connectivity index (χ0v) is 9.14. The SMILES string of the molecule is C=CC.C=CCC.O=C(O)/C=C\C(=O)O. The van der Waals surface area contributed by atoms with Crippen LogP contribution in [0.5, 0.6) is 0 Å². The number of carbonyl (C=O) groups is 2. The lowest BCUT2D eigenvalue weighted by Crippen LogP contribution is -1.91. The summed E-state index contributed by atoms with van der Waals surface area (Å²) >= 11 is 0. The van der Waals surface area contributed by atoms with Gasteiger partial charge in [-0.15, -0.1) is 13.2 Å². The second-order valence-electron chi connectivity index (χ2n) is 2.11. The minimum absolute atomic E-state index is 0.558. The highest BCUT2D eigenvalue weighted by molar-refractivity contribution is 5.89. The Kier molecular flexibility index (Phi) is 22.7. The summed E-state index contributed by atoms with van der Waals surface area (Å²) in [5.41, 5.74) is 0. The van der Waals surface area contributed by atoms with Crippen LogP contribution >= 0.6 is 0 Å². The van der Waals surface area contributed by atoms with Crippen LogP contribution in [0.25, 0.3) is 0 Å². The van der Waals surface area contributed by atoms with Gasteiger partial charge in [0.2, 0.25) is 0 Å². The summed E-state index contributed by atoms with van der Waals surface area (Å²) in [6.45, 7) is 10.8. The van der Waals surface area contributed by atoms with Crippen LogP contribution in [-0.4, -0.2) is 22.2 Å². The predicted molar refractivity (Wildman–Crippen MR) is 60.8 cm³/mol. The fourth-order valence-electron chi connectivity index (χ4n) is 0.143. The third-order valence-electron chi connectivity index (χ3n) is 0.657. The van der Waals surface area contributed by atoms with Crippen LogP contribution in [0.2, 0.25) is 0 Å². The third kappa shape index (κ3) is 72.5. The average Bonchev–Trinajstić information content (AvgIpc) is 2.16. The minimum Gasteiger partial charge on any atom is -0.478 e. The van der Waals surface area contributed by atoms with Crippen molar-refractivity contribution in [3.05, 3.63) is 37.5 Å². The van der Waals surface area contributed by atoms with Crippen molar-refractivity contribution in [2.75, 3.05) is 0 Å². The maximum atomic E-state index is 9.55. The van der Waals surface area contributed by atoms with E-state index >= 15 is 0 Å². The maximum Gasteiger partial charge on any atom is 0.328 e. The van der Waals surface area contributed by atoms with Crippen molar-refractivity contribution >= 4 is 11.9 Å². The van der Waals surface area contributed by atoms with Gasteiger partial charge in [-0.25, -0.2) is 9.59 Å². The summed E-state index contributed by atoms with van der Waals surface area (Å²) in [6.07, 6.45) is 5.82. The molecule has 4 nitrogen and oxygen atoms in total. The van der Waals surface area contributed by atoms with Gasteiger partial charge in [0.25, 0.3) is 0 Å². The van der Waals surface area contributed by atoms with Crippen molar-refractivity contribution in [3.63, 3.8) is 0 Å². The quantitative estimate of drug-likeness (QED) is 0.559. The molecular formula is C11H18O4. The zero-order valence-electron chi connectivity index (χ0n) is 9.14. The van der Waals surface area contributed by atoms with E-state index in [-0.39, 0.29) is 0 Å². The molecule has 0 aliphatic heterocycles. The first-order chi connectivity index (χ1) is 6.95. The van der Waals surface area contributed by atoms with Crippen LogP contribution in [0, 0.1) is 0 Å². The molecule has 86 valence electrons. The van der Waals surface area contributed by atoms with E-state index in [0.717, 1.165) is 6.42 Å². The smallest absolute Gasteiger partial charge is 0.328 e. The zero-order chi connectivity index (χ0) is 12.7. The lowest BCUT2D eigenvalue weighted by Gasteiger charge is -1.74. The van der Waals surface area contributed by atoms with Crippen molar-refractivity contribution in [3.8, 4) is 0 Å². The van der Waals surface area contributed by atoms with E-state index < -0.39 is 11.9 Å². The molecule has 0 aliphatic carbocycles. The van der Waals surface area contributed by atoms with Gasteiger partial charge in [0.15, 0.2) is 0 Å². The summed E-state index contributed by atoms with van der Waals surface area (Å²) in [7, 11) is 0. The third-order valence-corrected chi connectivity index (χ3v) is 0.657. The van der Waals surface area contributed by atoms with Gasteiger partial charge in [-0.3, -0.25) is 0 Å². The number of carboxylic acids is 2. The van der Waals surface area contributed by atoms with Crippen molar-refractivity contribution in [1.29, 1.82) is 0 Å². The van der Waals surface area contributed by atoms with Crippen molar-refractivity contribution in [2.24, 2.45) is 0 Å². The highest BCUT2D eigenvalue weighted by atomic mass is 16.4. The summed E-state index contributed by atoms with van der Waals surface area (Å²) in [6, 6.07) is 0. The number of aliphatic carboxylic acids is 2. The molecule has 0 saturated heterocycles. The Morgan fingerprint density at radius 3 is 1.40 bits per heavy atom. The number of hydrogen-bond acceptors (Lipinski definition) is 2. The Bertz CT molecular complexity index is 201. The van der Waals surface area contributed by atoms with Gasteiger partial charge >= 0.3 is 11.9 Å². The highest BCUT2D eigenvalue weighted by Crippen LogP contribution is 1.70. The van der Waals surface area contributed by atoms with Crippen molar-refractivity contribution < 1.29 is 19.8 Å². The molecule has 0 unspecified atom stereocenters.